The van der Waals surface area contributed by atoms with E-state index in [9.17, 15) is 13.2 Å². The van der Waals surface area contributed by atoms with Crippen LogP contribution < -0.4 is 15.4 Å². The fourth-order valence-corrected chi connectivity index (χ4v) is 4.20. The topological polar surface area (TPSA) is 106 Å². The van der Waals surface area contributed by atoms with Gasteiger partial charge in [0.15, 0.2) is 5.11 Å². The molecule has 0 spiro atoms. The zero-order chi connectivity index (χ0) is 25.0. The van der Waals surface area contributed by atoms with Crippen molar-refractivity contribution in [1.82, 2.24) is 10.6 Å². The third kappa shape index (κ3) is 9.82. The number of unbranched alkanes of at least 4 members (excludes halogenated alkanes) is 2. The molecule has 34 heavy (non-hydrogen) atoms. The third-order valence-corrected chi connectivity index (χ3v) is 6.17. The molecule has 3 N–H and O–H groups in total. The van der Waals surface area contributed by atoms with Crippen LogP contribution in [0.3, 0.4) is 0 Å². The molecule has 0 amide bonds. The number of anilines is 1. The van der Waals surface area contributed by atoms with Crippen molar-refractivity contribution in [2.45, 2.75) is 45.3 Å². The highest BCUT2D eigenvalue weighted by Crippen LogP contribution is 2.29. The number of rotatable bonds is 13. The molecule has 0 bridgehead atoms. The maximum Gasteiger partial charge on any atom is 0.302 e. The highest BCUT2D eigenvalue weighted by molar-refractivity contribution is 7.92. The smallest absolute Gasteiger partial charge is 0.302 e. The molecule has 0 saturated carbocycles. The molecule has 0 aliphatic heterocycles. The highest BCUT2D eigenvalue weighted by atomic mass is 32.2. The zero-order valence-electron chi connectivity index (χ0n) is 20.0. The van der Waals surface area contributed by atoms with Gasteiger partial charge in [-0.2, -0.15) is 0 Å². The van der Waals surface area contributed by atoms with Crippen LogP contribution in [0.25, 0.3) is 0 Å². The Bertz CT molecular complexity index is 977. The molecule has 1 aliphatic rings. The van der Waals surface area contributed by atoms with E-state index < -0.39 is 15.6 Å². The summed E-state index contributed by atoms with van der Waals surface area (Å²) >= 11 is 5.44. The van der Waals surface area contributed by atoms with Gasteiger partial charge in [-0.15, -0.1) is 0 Å². The van der Waals surface area contributed by atoms with Crippen LogP contribution in [-0.2, 0) is 30.8 Å². The molecule has 1 aromatic carbocycles. The minimum atomic E-state index is -3.31. The molecule has 2 unspecified atom stereocenters. The Hall–Kier alpha value is -2.43. The number of carbonyl (C=O) groups excluding carboxylic acids is 1. The summed E-state index contributed by atoms with van der Waals surface area (Å²) in [4.78, 5) is 11.5. The fourth-order valence-electron chi connectivity index (χ4n) is 3.48. The number of hydrogen-bond donors (Lipinski definition) is 3. The molecule has 2 rings (SSSR count). The number of benzene rings is 1. The van der Waals surface area contributed by atoms with Crippen molar-refractivity contribution in [3.63, 3.8) is 0 Å². The minimum absolute atomic E-state index is 0.0837. The second-order valence-electron chi connectivity index (χ2n) is 8.28. The van der Waals surface area contributed by atoms with Crippen LogP contribution in [-0.4, -0.2) is 51.1 Å². The van der Waals surface area contributed by atoms with Crippen LogP contribution in [0.4, 0.5) is 5.69 Å². The van der Waals surface area contributed by atoms with E-state index in [1.807, 2.05) is 36.4 Å². The molecule has 1 aliphatic carbocycles. The van der Waals surface area contributed by atoms with Gasteiger partial charge in [0.25, 0.3) is 0 Å². The normalized spacial score (nSPS) is 19.4. The molecule has 0 heterocycles. The lowest BCUT2D eigenvalue weighted by Crippen LogP contribution is -2.50. The van der Waals surface area contributed by atoms with Crippen molar-refractivity contribution in [3.8, 4) is 0 Å². The maximum atomic E-state index is 11.5. The molecular weight excluding hydrogens is 474 g/mol. The van der Waals surface area contributed by atoms with E-state index in [0.29, 0.717) is 30.5 Å². The summed E-state index contributed by atoms with van der Waals surface area (Å²) in [5.74, 6) is -0.430. The van der Waals surface area contributed by atoms with Crippen molar-refractivity contribution < 1.29 is 22.7 Å². The largest absolute Gasteiger partial charge is 0.462 e. The van der Waals surface area contributed by atoms with Crippen molar-refractivity contribution in [1.29, 1.82) is 0 Å². The minimum Gasteiger partial charge on any atom is -0.462 e. The Kier molecular flexibility index (Phi) is 11.0. The van der Waals surface area contributed by atoms with Gasteiger partial charge in [0.2, 0.25) is 10.0 Å². The molecule has 0 saturated heterocycles. The number of thiocarbonyl (C=S) groups is 1. The third-order valence-electron chi connectivity index (χ3n) is 5.27. The molecule has 2 atom stereocenters. The lowest BCUT2D eigenvalue weighted by atomic mass is 9.83. The van der Waals surface area contributed by atoms with E-state index in [1.165, 1.54) is 6.92 Å². The van der Waals surface area contributed by atoms with E-state index in [1.54, 1.807) is 12.1 Å². The van der Waals surface area contributed by atoms with Crippen molar-refractivity contribution >= 4 is 39.0 Å². The molecule has 10 heteroatoms. The van der Waals surface area contributed by atoms with Crippen molar-refractivity contribution in [3.05, 3.63) is 54.1 Å². The van der Waals surface area contributed by atoms with Gasteiger partial charge in [-0.1, -0.05) is 50.1 Å². The van der Waals surface area contributed by atoms with Gasteiger partial charge in [-0.25, -0.2) is 8.42 Å². The first-order valence-corrected chi connectivity index (χ1v) is 13.7. The maximum absolute atomic E-state index is 11.5. The number of hydrogen-bond acceptors (Lipinski definition) is 6. The predicted molar refractivity (Wildman–Crippen MR) is 139 cm³/mol. The van der Waals surface area contributed by atoms with Gasteiger partial charge in [-0.3, -0.25) is 9.52 Å². The number of carbonyl (C=O) groups is 1. The molecule has 1 aromatic rings. The molecular formula is C24H35N3O5S2. The molecule has 8 nitrogen and oxygen atoms in total. The quantitative estimate of drug-likeness (QED) is 0.211. The Morgan fingerprint density at radius 2 is 1.88 bits per heavy atom. The number of allylic oxidation sites excluding steroid dienone is 2. The van der Waals surface area contributed by atoms with E-state index in [-0.39, 0.29) is 18.5 Å². The van der Waals surface area contributed by atoms with Crippen LogP contribution in [0.2, 0.25) is 0 Å². The van der Waals surface area contributed by atoms with Gasteiger partial charge >= 0.3 is 5.97 Å². The summed E-state index contributed by atoms with van der Waals surface area (Å²) in [6.45, 7) is 5.23. The summed E-state index contributed by atoms with van der Waals surface area (Å²) in [6, 6.07) is 7.05. The van der Waals surface area contributed by atoms with Crippen LogP contribution in [0, 0.1) is 5.92 Å². The lowest BCUT2D eigenvalue weighted by Gasteiger charge is -2.38. The van der Waals surface area contributed by atoms with Gasteiger partial charge in [0, 0.05) is 38.2 Å². The first-order chi connectivity index (χ1) is 16.1. The summed E-state index contributed by atoms with van der Waals surface area (Å²) < 4.78 is 36.7. The Balaban J connectivity index is 1.92. The number of nitrogens with one attached hydrogen (secondary N) is 3. The van der Waals surface area contributed by atoms with Gasteiger partial charge in [-0.05, 0) is 42.4 Å². The van der Waals surface area contributed by atoms with Crippen LogP contribution in [0.15, 0.2) is 48.6 Å². The Morgan fingerprint density at radius 3 is 2.53 bits per heavy atom. The second kappa shape index (κ2) is 13.5. The van der Waals surface area contributed by atoms with E-state index in [0.717, 1.165) is 31.1 Å². The van der Waals surface area contributed by atoms with Crippen LogP contribution in [0.1, 0.15) is 38.7 Å². The monoisotopic (exact) mass is 509 g/mol. The standard InChI is InChI=1S/C24H35N3O5S2/c1-4-5-8-15-32-24(18-31-19(2)28)14-7-6-9-21(24)17-26-23(33)25-16-20-10-12-22(13-11-20)27-34(3,29)30/h6-7,9-14,21,27H,4-5,8,15-18H2,1-3H3,(H2,25,26,33). The van der Waals surface area contributed by atoms with Gasteiger partial charge < -0.3 is 20.1 Å². The van der Waals surface area contributed by atoms with Crippen LogP contribution >= 0.6 is 12.2 Å². The predicted octanol–water partition coefficient (Wildman–Crippen LogP) is 3.27. The van der Waals surface area contributed by atoms with E-state index in [2.05, 4.69) is 22.3 Å². The van der Waals surface area contributed by atoms with E-state index >= 15 is 0 Å². The zero-order valence-corrected chi connectivity index (χ0v) is 21.6. The van der Waals surface area contributed by atoms with Crippen molar-refractivity contribution in [2.75, 3.05) is 30.7 Å². The second-order valence-corrected chi connectivity index (χ2v) is 10.4. The molecule has 0 radical (unpaired) electrons. The average Bonchev–Trinajstić information content (AvgIpc) is 2.78. The summed E-state index contributed by atoms with van der Waals surface area (Å²) in [5, 5.41) is 6.87. The first-order valence-electron chi connectivity index (χ1n) is 11.4. The average molecular weight is 510 g/mol. The first kappa shape index (κ1) is 27.8. The SMILES string of the molecule is CCCCCOC1(COC(C)=O)C=CC=CC1CNC(=S)NCc1ccc(NS(C)(=O)=O)cc1. The number of ether oxygens (including phenoxy) is 2. The molecule has 0 fully saturated rings. The molecule has 188 valence electrons. The van der Waals surface area contributed by atoms with E-state index in [4.69, 9.17) is 21.7 Å². The highest BCUT2D eigenvalue weighted by Gasteiger charge is 2.38. The van der Waals surface area contributed by atoms with Crippen LogP contribution in [0.5, 0.6) is 0 Å². The molecule has 0 aromatic heterocycles. The summed E-state index contributed by atoms with van der Waals surface area (Å²) in [5.41, 5.74) is 0.707. The number of sulfonamides is 1. The fraction of sp³-hybridized carbons (Fsp3) is 0.500. The lowest BCUT2D eigenvalue weighted by molar-refractivity contribution is -0.152. The van der Waals surface area contributed by atoms with Crippen molar-refractivity contribution in [2.24, 2.45) is 5.92 Å². The Labute approximate surface area is 208 Å². The number of esters is 1. The Morgan fingerprint density at radius 1 is 1.15 bits per heavy atom. The summed E-state index contributed by atoms with van der Waals surface area (Å²) in [7, 11) is -3.31. The van der Waals surface area contributed by atoms with Gasteiger partial charge in [0.1, 0.15) is 12.2 Å². The summed E-state index contributed by atoms with van der Waals surface area (Å²) in [6.07, 6.45) is 12.1. The van der Waals surface area contributed by atoms with Gasteiger partial charge in [0.05, 0.1) is 6.26 Å².